The zero-order valence-corrected chi connectivity index (χ0v) is 24.8. The number of likely N-dealkylation sites (tertiary alicyclic amines) is 1. The van der Waals surface area contributed by atoms with Crippen molar-refractivity contribution in [2.24, 2.45) is 23.7 Å². The highest BCUT2D eigenvalue weighted by Gasteiger charge is 2.72. The van der Waals surface area contributed by atoms with Crippen molar-refractivity contribution in [1.29, 1.82) is 0 Å². The van der Waals surface area contributed by atoms with Crippen LogP contribution in [0, 0.1) is 23.7 Å². The Hall–Kier alpha value is -3.71. The Morgan fingerprint density at radius 1 is 1.02 bits per heavy atom. The van der Waals surface area contributed by atoms with Gasteiger partial charge in [-0.15, -0.1) is 0 Å². The molecule has 0 aromatic heterocycles. The maximum atomic E-state index is 14.0. The first-order valence-corrected chi connectivity index (χ1v) is 15.8. The van der Waals surface area contributed by atoms with Gasteiger partial charge in [-0.1, -0.05) is 48.5 Å². The molecule has 234 valence electrons. The molecule has 0 spiro atoms. The Morgan fingerprint density at radius 2 is 1.59 bits per heavy atom. The van der Waals surface area contributed by atoms with Crippen LogP contribution in [-0.4, -0.2) is 71.4 Å². The standard InChI is InChI=1S/C31H30F3NO8S/c1-15(2)35-25-20-13-21(24(23(20)27(35)36)29(38)43-30(3,31(32,33)34)14-44(39,40)41)26(25)42-28(37)22-18-10-6-4-8-16(18)12-17-9-5-7-11-19(17)22/h4-12,15,20-21,23-26H,13-14H2,1-3H3,(H,39,40,41). The summed E-state index contributed by atoms with van der Waals surface area (Å²) in [5.74, 6) is -8.29. The van der Waals surface area contributed by atoms with Crippen molar-refractivity contribution in [1.82, 2.24) is 4.90 Å². The van der Waals surface area contributed by atoms with Gasteiger partial charge in [0.2, 0.25) is 11.5 Å². The van der Waals surface area contributed by atoms with Crippen molar-refractivity contribution < 1.29 is 50.0 Å². The summed E-state index contributed by atoms with van der Waals surface area (Å²) in [4.78, 5) is 42.8. The van der Waals surface area contributed by atoms with Crippen molar-refractivity contribution in [3.8, 4) is 0 Å². The lowest BCUT2D eigenvalue weighted by molar-refractivity contribution is -0.259. The average molecular weight is 634 g/mol. The Morgan fingerprint density at radius 3 is 2.11 bits per heavy atom. The predicted molar refractivity (Wildman–Crippen MR) is 152 cm³/mol. The fourth-order valence-electron chi connectivity index (χ4n) is 7.65. The highest BCUT2D eigenvalue weighted by atomic mass is 32.2. The lowest BCUT2D eigenvalue weighted by atomic mass is 9.78. The van der Waals surface area contributed by atoms with Gasteiger partial charge in [0.15, 0.2) is 0 Å². The number of nitrogens with zero attached hydrogens (tertiary/aromatic N) is 1. The molecule has 7 unspecified atom stereocenters. The molecule has 2 bridgehead atoms. The van der Waals surface area contributed by atoms with E-state index in [-0.39, 0.29) is 18.0 Å². The van der Waals surface area contributed by atoms with Gasteiger partial charge in [0, 0.05) is 12.0 Å². The van der Waals surface area contributed by atoms with E-state index in [0.717, 1.165) is 10.8 Å². The molecular weight excluding hydrogens is 603 g/mol. The largest absolute Gasteiger partial charge is 0.456 e. The van der Waals surface area contributed by atoms with Gasteiger partial charge in [-0.3, -0.25) is 14.1 Å². The number of ether oxygens (including phenoxy) is 2. The molecule has 1 saturated heterocycles. The van der Waals surface area contributed by atoms with Gasteiger partial charge in [0.1, 0.15) is 11.9 Å². The molecule has 3 aliphatic rings. The predicted octanol–water partition coefficient (Wildman–Crippen LogP) is 4.77. The number of amides is 1. The topological polar surface area (TPSA) is 127 Å². The molecule has 1 heterocycles. The molecule has 1 aliphatic heterocycles. The van der Waals surface area contributed by atoms with Crippen LogP contribution in [-0.2, 0) is 29.2 Å². The highest BCUT2D eigenvalue weighted by molar-refractivity contribution is 7.85. The number of carbonyl (C=O) groups excluding carboxylic acids is 3. The van der Waals surface area contributed by atoms with Crippen molar-refractivity contribution in [3.63, 3.8) is 0 Å². The zero-order chi connectivity index (χ0) is 31.9. The molecule has 13 heteroatoms. The fourth-order valence-corrected chi connectivity index (χ4v) is 8.57. The van der Waals surface area contributed by atoms with Crippen LogP contribution < -0.4 is 0 Å². The second-order valence-electron chi connectivity index (χ2n) is 12.4. The zero-order valence-electron chi connectivity index (χ0n) is 23.9. The number of halogens is 3. The van der Waals surface area contributed by atoms with E-state index in [1.165, 1.54) is 4.90 Å². The molecule has 3 aromatic carbocycles. The van der Waals surface area contributed by atoms with E-state index in [1.807, 2.05) is 30.3 Å². The minimum Gasteiger partial charge on any atom is -0.456 e. The number of rotatable bonds is 7. The monoisotopic (exact) mass is 633 g/mol. The number of benzene rings is 3. The first kappa shape index (κ1) is 30.3. The Labute approximate surface area is 251 Å². The molecule has 0 radical (unpaired) electrons. The van der Waals surface area contributed by atoms with Crippen molar-refractivity contribution in [2.45, 2.75) is 57.2 Å². The second kappa shape index (κ2) is 10.2. The molecule has 2 saturated carbocycles. The number of fused-ring (bicyclic) bond motifs is 3. The molecule has 3 aromatic rings. The normalized spacial score (nSPS) is 27.7. The number of hydrogen-bond donors (Lipinski definition) is 1. The van der Waals surface area contributed by atoms with Gasteiger partial charge in [0.05, 0.1) is 23.4 Å². The number of carbonyl (C=O) groups is 3. The third-order valence-corrected chi connectivity index (χ3v) is 10.3. The summed E-state index contributed by atoms with van der Waals surface area (Å²) in [5.41, 5.74) is -3.29. The molecular formula is C31H30F3NO8S. The number of hydrogen-bond acceptors (Lipinski definition) is 7. The van der Waals surface area contributed by atoms with E-state index in [4.69, 9.17) is 9.47 Å². The molecule has 9 nitrogen and oxygen atoms in total. The van der Waals surface area contributed by atoms with Crippen molar-refractivity contribution in [3.05, 3.63) is 60.2 Å². The summed E-state index contributed by atoms with van der Waals surface area (Å²) in [6.45, 7) is 3.87. The Balaban J connectivity index is 1.39. The van der Waals surface area contributed by atoms with Crippen LogP contribution in [0.5, 0.6) is 0 Å². The van der Waals surface area contributed by atoms with Crippen LogP contribution in [0.2, 0.25) is 0 Å². The van der Waals surface area contributed by atoms with E-state index >= 15 is 0 Å². The van der Waals surface area contributed by atoms with Gasteiger partial charge >= 0.3 is 18.1 Å². The van der Waals surface area contributed by atoms with Crippen LogP contribution in [0.15, 0.2) is 54.6 Å². The number of alkyl halides is 3. The smallest absolute Gasteiger partial charge is 0.429 e. The second-order valence-corrected chi connectivity index (χ2v) is 13.8. The fraction of sp³-hybridized carbons (Fsp3) is 0.452. The van der Waals surface area contributed by atoms with E-state index < -0.39 is 81.3 Å². The van der Waals surface area contributed by atoms with Gasteiger partial charge in [-0.05, 0) is 60.7 Å². The summed E-state index contributed by atoms with van der Waals surface area (Å²) >= 11 is 0. The summed E-state index contributed by atoms with van der Waals surface area (Å²) in [6, 6.07) is 15.5. The number of esters is 2. The van der Waals surface area contributed by atoms with Gasteiger partial charge in [0.25, 0.3) is 10.1 Å². The van der Waals surface area contributed by atoms with E-state index in [9.17, 15) is 40.5 Å². The van der Waals surface area contributed by atoms with Crippen molar-refractivity contribution >= 4 is 49.5 Å². The summed E-state index contributed by atoms with van der Waals surface area (Å²) in [6.07, 6.45) is -6.17. The highest BCUT2D eigenvalue weighted by Crippen LogP contribution is 2.60. The maximum absolute atomic E-state index is 14.0. The Kier molecular flexibility index (Phi) is 7.00. The van der Waals surface area contributed by atoms with Gasteiger partial charge < -0.3 is 14.4 Å². The molecule has 1 N–H and O–H groups in total. The minimum atomic E-state index is -5.36. The van der Waals surface area contributed by atoms with Gasteiger partial charge in [-0.25, -0.2) is 4.79 Å². The first-order valence-electron chi connectivity index (χ1n) is 14.2. The molecule has 3 fully saturated rings. The molecule has 6 rings (SSSR count). The summed E-state index contributed by atoms with van der Waals surface area (Å²) in [5, 5.41) is 2.83. The summed E-state index contributed by atoms with van der Waals surface area (Å²) in [7, 11) is -5.22. The lowest BCUT2D eigenvalue weighted by Gasteiger charge is -2.37. The first-order chi connectivity index (χ1) is 20.5. The minimum absolute atomic E-state index is 0.222. The van der Waals surface area contributed by atoms with Crippen LogP contribution in [0.4, 0.5) is 13.2 Å². The van der Waals surface area contributed by atoms with Crippen LogP contribution >= 0.6 is 0 Å². The van der Waals surface area contributed by atoms with Gasteiger partial charge in [-0.2, -0.15) is 21.6 Å². The van der Waals surface area contributed by atoms with E-state index in [1.54, 1.807) is 38.1 Å². The van der Waals surface area contributed by atoms with E-state index in [0.29, 0.717) is 17.7 Å². The molecule has 1 amide bonds. The Bertz CT molecular complexity index is 1750. The lowest BCUT2D eigenvalue weighted by Crippen LogP contribution is -2.54. The maximum Gasteiger partial charge on any atom is 0.429 e. The summed E-state index contributed by atoms with van der Waals surface area (Å²) < 4.78 is 85.1. The van der Waals surface area contributed by atoms with Crippen LogP contribution in [0.3, 0.4) is 0 Å². The quantitative estimate of drug-likeness (QED) is 0.224. The average Bonchev–Trinajstić information content (AvgIpc) is 3.53. The molecule has 7 atom stereocenters. The molecule has 2 aliphatic carbocycles. The van der Waals surface area contributed by atoms with E-state index in [2.05, 4.69) is 0 Å². The third kappa shape index (κ3) is 4.71. The SMILES string of the molecule is CC(C)N1C(=O)C2C3CC(C(OC(=O)c4c5ccccc5cc5ccccc45)C31)C2C(=O)OC(C)(CS(=O)(=O)O)C(F)(F)F. The van der Waals surface area contributed by atoms with Crippen LogP contribution in [0.1, 0.15) is 37.6 Å². The van der Waals surface area contributed by atoms with Crippen LogP contribution in [0.25, 0.3) is 21.5 Å². The van der Waals surface area contributed by atoms with Crippen molar-refractivity contribution in [2.75, 3.05) is 5.75 Å². The molecule has 44 heavy (non-hydrogen) atoms. The third-order valence-electron chi connectivity index (χ3n) is 9.34.